The number of halogens is 2. The summed E-state index contributed by atoms with van der Waals surface area (Å²) in [6.45, 7) is 3.14. The maximum atomic E-state index is 12.6. The summed E-state index contributed by atoms with van der Waals surface area (Å²) in [5, 5.41) is 11.5. The molecule has 0 spiro atoms. The van der Waals surface area contributed by atoms with E-state index in [-0.39, 0.29) is 5.75 Å². The zero-order valence-corrected chi connectivity index (χ0v) is 18.7. The first kappa shape index (κ1) is 22.4. The second-order valence-electron chi connectivity index (χ2n) is 7.48. The van der Waals surface area contributed by atoms with Gasteiger partial charge in [0.15, 0.2) is 0 Å². The van der Waals surface area contributed by atoms with Gasteiger partial charge in [0.05, 0.1) is 0 Å². The number of rotatable bonds is 7. The molecule has 0 bridgehead atoms. The van der Waals surface area contributed by atoms with Crippen molar-refractivity contribution < 1.29 is 18.6 Å². The Balaban J connectivity index is 2.01. The minimum atomic E-state index is -2.86. The quantitative estimate of drug-likeness (QED) is 0.526. The van der Waals surface area contributed by atoms with Gasteiger partial charge in [-0.05, 0) is 72.6 Å². The average molecular weight is 439 g/mol. The zero-order chi connectivity index (χ0) is 21.0. The highest BCUT2D eigenvalue weighted by Crippen LogP contribution is 2.57. The Bertz CT molecular complexity index is 836. The van der Waals surface area contributed by atoms with Crippen molar-refractivity contribution in [2.24, 2.45) is 0 Å². The molecule has 1 fully saturated rings. The predicted molar refractivity (Wildman–Crippen MR) is 119 cm³/mol. The van der Waals surface area contributed by atoms with E-state index in [1.165, 1.54) is 17.2 Å². The van der Waals surface area contributed by atoms with E-state index in [9.17, 15) is 13.9 Å². The van der Waals surface area contributed by atoms with Crippen LogP contribution in [0.25, 0.3) is 0 Å². The highest BCUT2D eigenvalue weighted by atomic mass is 32.2. The maximum absolute atomic E-state index is 12.6. The van der Waals surface area contributed by atoms with Gasteiger partial charge in [-0.15, -0.1) is 23.5 Å². The van der Waals surface area contributed by atoms with Crippen molar-refractivity contribution in [2.45, 2.75) is 56.8 Å². The van der Waals surface area contributed by atoms with Gasteiger partial charge in [0.25, 0.3) is 0 Å². The molecular formula is C23H28F2O2S2. The molecule has 2 nitrogen and oxygen atoms in total. The minimum absolute atomic E-state index is 0.148. The normalized spacial score (nSPS) is 17.3. The van der Waals surface area contributed by atoms with Crippen molar-refractivity contribution in [3.05, 3.63) is 64.2 Å². The number of aliphatic hydroxyl groups is 1. The van der Waals surface area contributed by atoms with Gasteiger partial charge in [0, 0.05) is 0 Å². The summed E-state index contributed by atoms with van der Waals surface area (Å²) in [6, 6.07) is 11.6. The predicted octanol–water partition coefficient (Wildman–Crippen LogP) is 6.61. The molecule has 3 rings (SSSR count). The van der Waals surface area contributed by atoms with Crippen LogP contribution < -0.4 is 4.74 Å². The SMILES string of the molecule is CCCc1cc(C)cc(C2(C(O)c3ccc(OC(F)F)c(C)c3)SCCCS2)c1. The van der Waals surface area contributed by atoms with Crippen LogP contribution in [0.4, 0.5) is 8.78 Å². The fourth-order valence-corrected chi connectivity index (χ4v) is 7.17. The molecule has 0 aliphatic carbocycles. The van der Waals surface area contributed by atoms with E-state index < -0.39 is 16.8 Å². The number of aliphatic hydroxyl groups excluding tert-OH is 1. The van der Waals surface area contributed by atoms with Gasteiger partial charge in [-0.25, -0.2) is 0 Å². The standard InChI is InChI=1S/C23H28F2O2S2/c1-4-6-17-11-15(2)12-19(14-17)23(28-9-5-10-29-23)21(26)18-7-8-20(16(3)13-18)27-22(24)25/h7-8,11-14,21-22,26H,4-6,9-10H2,1-3H3. The zero-order valence-electron chi connectivity index (χ0n) is 17.1. The summed E-state index contributed by atoms with van der Waals surface area (Å²) < 4.78 is 29.2. The third kappa shape index (κ3) is 5.09. The number of alkyl halides is 2. The Morgan fingerprint density at radius 2 is 1.83 bits per heavy atom. The maximum Gasteiger partial charge on any atom is 0.387 e. The van der Waals surface area contributed by atoms with Crippen molar-refractivity contribution in [3.8, 4) is 5.75 Å². The van der Waals surface area contributed by atoms with E-state index in [0.29, 0.717) is 5.56 Å². The van der Waals surface area contributed by atoms with E-state index in [1.54, 1.807) is 42.6 Å². The van der Waals surface area contributed by atoms with Crippen molar-refractivity contribution in [3.63, 3.8) is 0 Å². The van der Waals surface area contributed by atoms with E-state index in [1.807, 2.05) is 0 Å². The van der Waals surface area contributed by atoms with E-state index in [0.717, 1.165) is 41.9 Å². The Morgan fingerprint density at radius 3 is 2.45 bits per heavy atom. The number of aryl methyl sites for hydroxylation is 3. The smallest absolute Gasteiger partial charge is 0.387 e. The molecule has 158 valence electrons. The van der Waals surface area contributed by atoms with Crippen LogP contribution in [0.1, 0.15) is 53.7 Å². The van der Waals surface area contributed by atoms with E-state index >= 15 is 0 Å². The van der Waals surface area contributed by atoms with Crippen molar-refractivity contribution in [1.82, 2.24) is 0 Å². The van der Waals surface area contributed by atoms with Crippen molar-refractivity contribution in [2.75, 3.05) is 11.5 Å². The Hall–Kier alpha value is -1.24. The highest BCUT2D eigenvalue weighted by Gasteiger charge is 2.43. The number of hydrogen-bond donors (Lipinski definition) is 1. The molecule has 29 heavy (non-hydrogen) atoms. The van der Waals surface area contributed by atoms with Crippen LogP contribution in [-0.2, 0) is 10.5 Å². The molecule has 1 unspecified atom stereocenters. The summed E-state index contributed by atoms with van der Waals surface area (Å²) in [6.07, 6.45) is 2.43. The van der Waals surface area contributed by atoms with Gasteiger partial charge in [-0.3, -0.25) is 0 Å². The van der Waals surface area contributed by atoms with E-state index in [4.69, 9.17) is 0 Å². The Morgan fingerprint density at radius 1 is 1.10 bits per heavy atom. The molecule has 1 aliphatic rings. The van der Waals surface area contributed by atoms with Gasteiger partial charge in [0.1, 0.15) is 15.9 Å². The average Bonchev–Trinajstić information content (AvgIpc) is 2.69. The molecule has 1 atom stereocenters. The first-order valence-corrected chi connectivity index (χ1v) is 11.9. The van der Waals surface area contributed by atoms with Gasteiger partial charge >= 0.3 is 6.61 Å². The van der Waals surface area contributed by atoms with Gasteiger partial charge < -0.3 is 9.84 Å². The second-order valence-corrected chi connectivity index (χ2v) is 10.4. The topological polar surface area (TPSA) is 29.5 Å². The molecule has 0 saturated carbocycles. The Labute approximate surface area is 180 Å². The summed E-state index contributed by atoms with van der Waals surface area (Å²) in [7, 11) is 0. The lowest BCUT2D eigenvalue weighted by Gasteiger charge is -2.41. The molecule has 0 amide bonds. The van der Waals surface area contributed by atoms with Crippen LogP contribution in [0.15, 0.2) is 36.4 Å². The number of benzene rings is 2. The number of hydrogen-bond acceptors (Lipinski definition) is 4. The van der Waals surface area contributed by atoms with Crippen LogP contribution in [0.5, 0.6) is 5.75 Å². The van der Waals surface area contributed by atoms with Crippen LogP contribution >= 0.6 is 23.5 Å². The van der Waals surface area contributed by atoms with Crippen LogP contribution in [0, 0.1) is 13.8 Å². The van der Waals surface area contributed by atoms with Gasteiger partial charge in [-0.2, -0.15) is 8.78 Å². The highest BCUT2D eigenvalue weighted by molar-refractivity contribution is 8.18. The second kappa shape index (κ2) is 9.71. The molecule has 1 N–H and O–H groups in total. The first-order chi connectivity index (χ1) is 13.9. The van der Waals surface area contributed by atoms with Gasteiger partial charge in [0.2, 0.25) is 0 Å². The van der Waals surface area contributed by atoms with Gasteiger partial charge in [-0.1, -0.05) is 43.2 Å². The van der Waals surface area contributed by atoms with Crippen LogP contribution in [-0.4, -0.2) is 23.2 Å². The molecule has 1 heterocycles. The fraction of sp³-hybridized carbons (Fsp3) is 0.478. The first-order valence-electron chi connectivity index (χ1n) is 9.98. The summed E-state index contributed by atoms with van der Waals surface area (Å²) >= 11 is 3.57. The van der Waals surface area contributed by atoms with Crippen LogP contribution in [0.3, 0.4) is 0 Å². The van der Waals surface area contributed by atoms with Crippen LogP contribution in [0.2, 0.25) is 0 Å². The number of thioether (sulfide) groups is 2. The molecule has 1 saturated heterocycles. The molecule has 2 aromatic carbocycles. The fourth-order valence-electron chi connectivity index (χ4n) is 3.82. The molecule has 0 radical (unpaired) electrons. The molecule has 0 aromatic heterocycles. The lowest BCUT2D eigenvalue weighted by atomic mass is 9.95. The minimum Gasteiger partial charge on any atom is -0.435 e. The number of ether oxygens (including phenoxy) is 1. The van der Waals surface area contributed by atoms with E-state index in [2.05, 4.69) is 36.8 Å². The molecule has 1 aliphatic heterocycles. The lowest BCUT2D eigenvalue weighted by molar-refractivity contribution is -0.0503. The largest absolute Gasteiger partial charge is 0.435 e. The molecule has 6 heteroatoms. The summed E-state index contributed by atoms with van der Waals surface area (Å²) in [5.41, 5.74) is 4.94. The third-order valence-corrected chi connectivity index (χ3v) is 8.56. The molecule has 2 aromatic rings. The van der Waals surface area contributed by atoms with Crippen molar-refractivity contribution in [1.29, 1.82) is 0 Å². The monoisotopic (exact) mass is 438 g/mol. The Kier molecular flexibility index (Phi) is 7.52. The summed E-state index contributed by atoms with van der Waals surface area (Å²) in [5.74, 6) is 2.11. The van der Waals surface area contributed by atoms with Crippen molar-refractivity contribution >= 4 is 23.5 Å². The molecular weight excluding hydrogens is 410 g/mol. The lowest BCUT2D eigenvalue weighted by Crippen LogP contribution is -2.31. The third-order valence-electron chi connectivity index (χ3n) is 5.09. The summed E-state index contributed by atoms with van der Waals surface area (Å²) in [4.78, 5) is 0.